The zero-order chi connectivity index (χ0) is 60.9. The number of hydrogen-bond donors (Lipinski definition) is 6. The van der Waals surface area contributed by atoms with Crippen molar-refractivity contribution in [3.8, 4) is 0 Å². The Labute approximate surface area is 517 Å². The second kappa shape index (κ2) is 62.5. The van der Waals surface area contributed by atoms with E-state index in [-0.39, 0.29) is 18.5 Å². The fourth-order valence-electron chi connectivity index (χ4n) is 11.5. The number of unbranched alkanes of at least 4 members (excludes halogenated alkanes) is 46. The van der Waals surface area contributed by atoms with Gasteiger partial charge in [0.1, 0.15) is 24.4 Å². The molecule has 11 nitrogen and oxygen atoms in total. The van der Waals surface area contributed by atoms with Crippen molar-refractivity contribution >= 4 is 11.9 Å². The smallest absolute Gasteiger partial charge is 0.305 e. The van der Waals surface area contributed by atoms with Gasteiger partial charge in [-0.2, -0.15) is 0 Å². The maximum atomic E-state index is 13.1. The minimum absolute atomic E-state index is 0.0141. The number of rotatable bonds is 64. The highest BCUT2D eigenvalue weighted by molar-refractivity contribution is 5.76. The first-order valence-electron chi connectivity index (χ1n) is 36.3. The Morgan fingerprint density at radius 3 is 1.17 bits per heavy atom. The summed E-state index contributed by atoms with van der Waals surface area (Å²) < 4.78 is 16.7. The SMILES string of the molecule is CCCC/C=C/CC/C=C/CC/C=C/C(O)C(COC1OC(CO)C(O)C(O)C1O)NC(=O)CCCCCCCCCCCCCCCCCCCCCCCCCCCCCCCCCCCOC(=O)CCCCCCCCCCCCC. The molecule has 1 fully saturated rings. The third-order valence-corrected chi connectivity index (χ3v) is 17.2. The van der Waals surface area contributed by atoms with Gasteiger partial charge < -0.3 is 45.1 Å². The van der Waals surface area contributed by atoms with E-state index in [2.05, 4.69) is 43.5 Å². The predicted molar refractivity (Wildman–Crippen MR) is 352 cm³/mol. The van der Waals surface area contributed by atoms with Gasteiger partial charge in [-0.15, -0.1) is 0 Å². The molecule has 0 saturated carbocycles. The molecule has 84 heavy (non-hydrogen) atoms. The Kier molecular flexibility index (Phi) is 59.4. The zero-order valence-electron chi connectivity index (χ0n) is 54.9. The molecular weight excluding hydrogens is 1050 g/mol. The molecule has 0 aromatic rings. The Morgan fingerprint density at radius 2 is 0.774 bits per heavy atom. The van der Waals surface area contributed by atoms with Crippen LogP contribution in [0.15, 0.2) is 36.5 Å². The summed E-state index contributed by atoms with van der Waals surface area (Å²) in [7, 11) is 0. The van der Waals surface area contributed by atoms with Gasteiger partial charge in [0, 0.05) is 12.8 Å². The lowest BCUT2D eigenvalue weighted by molar-refractivity contribution is -0.302. The van der Waals surface area contributed by atoms with E-state index >= 15 is 0 Å². The Hall–Kier alpha value is -2.12. The minimum atomic E-state index is -1.58. The molecule has 1 aliphatic heterocycles. The van der Waals surface area contributed by atoms with Crippen molar-refractivity contribution in [2.75, 3.05) is 19.8 Å². The molecule has 1 saturated heterocycles. The van der Waals surface area contributed by atoms with Gasteiger partial charge in [0.2, 0.25) is 5.91 Å². The number of ether oxygens (including phenoxy) is 3. The van der Waals surface area contributed by atoms with Crippen LogP contribution in [0.3, 0.4) is 0 Å². The number of carbonyl (C=O) groups excluding carboxylic acids is 2. The van der Waals surface area contributed by atoms with Gasteiger partial charge >= 0.3 is 5.97 Å². The molecule has 0 aliphatic carbocycles. The lowest BCUT2D eigenvalue weighted by Gasteiger charge is -2.40. The molecule has 11 heteroatoms. The van der Waals surface area contributed by atoms with Crippen molar-refractivity contribution in [3.05, 3.63) is 36.5 Å². The van der Waals surface area contributed by atoms with Crippen LogP contribution in [0.25, 0.3) is 0 Å². The third kappa shape index (κ3) is 50.8. The van der Waals surface area contributed by atoms with Crippen LogP contribution < -0.4 is 5.32 Å². The summed E-state index contributed by atoms with van der Waals surface area (Å²) in [5.74, 6) is -0.177. The normalized spacial score (nSPS) is 18.2. The summed E-state index contributed by atoms with van der Waals surface area (Å²) in [5.41, 5.74) is 0. The van der Waals surface area contributed by atoms with Crippen LogP contribution in [0.2, 0.25) is 0 Å². The molecule has 1 rings (SSSR count). The maximum Gasteiger partial charge on any atom is 0.305 e. The summed E-state index contributed by atoms with van der Waals surface area (Å²) in [6.07, 6.45) is 70.2. The zero-order valence-corrected chi connectivity index (χ0v) is 54.9. The maximum absolute atomic E-state index is 13.1. The average molecular weight is 1190 g/mol. The van der Waals surface area contributed by atoms with Gasteiger partial charge in [0.25, 0.3) is 0 Å². The second-order valence-corrected chi connectivity index (χ2v) is 25.3. The van der Waals surface area contributed by atoms with Crippen LogP contribution in [-0.2, 0) is 23.8 Å². The Morgan fingerprint density at radius 1 is 0.429 bits per heavy atom. The van der Waals surface area contributed by atoms with E-state index in [0.717, 1.165) is 64.2 Å². The number of nitrogens with one attached hydrogen (secondary N) is 1. The minimum Gasteiger partial charge on any atom is -0.466 e. The second-order valence-electron chi connectivity index (χ2n) is 25.3. The number of aliphatic hydroxyl groups excluding tert-OH is 5. The van der Waals surface area contributed by atoms with Crippen LogP contribution in [-0.4, -0.2) is 100 Å². The lowest BCUT2D eigenvalue weighted by atomic mass is 9.99. The van der Waals surface area contributed by atoms with Gasteiger partial charge in [0.15, 0.2) is 6.29 Å². The van der Waals surface area contributed by atoms with Gasteiger partial charge in [-0.05, 0) is 51.4 Å². The summed E-state index contributed by atoms with van der Waals surface area (Å²) in [6.45, 7) is 4.31. The van der Waals surface area contributed by atoms with Crippen molar-refractivity contribution in [3.63, 3.8) is 0 Å². The Bertz CT molecular complexity index is 1490. The van der Waals surface area contributed by atoms with Crippen LogP contribution in [0, 0.1) is 0 Å². The van der Waals surface area contributed by atoms with E-state index in [1.165, 1.54) is 263 Å². The van der Waals surface area contributed by atoms with Crippen LogP contribution in [0.1, 0.15) is 354 Å². The molecule has 0 spiro atoms. The molecule has 7 unspecified atom stereocenters. The molecule has 0 bridgehead atoms. The van der Waals surface area contributed by atoms with Gasteiger partial charge in [-0.1, -0.05) is 326 Å². The number of allylic oxidation sites excluding steroid dienone is 5. The van der Waals surface area contributed by atoms with Crippen molar-refractivity contribution in [1.82, 2.24) is 5.32 Å². The van der Waals surface area contributed by atoms with E-state index < -0.39 is 49.5 Å². The molecule has 0 aromatic carbocycles. The molecule has 1 aliphatic rings. The van der Waals surface area contributed by atoms with Crippen LogP contribution in [0.4, 0.5) is 0 Å². The molecule has 0 aromatic heterocycles. The van der Waals surface area contributed by atoms with Gasteiger partial charge in [-0.3, -0.25) is 9.59 Å². The van der Waals surface area contributed by atoms with Crippen molar-refractivity contribution in [1.29, 1.82) is 0 Å². The monoisotopic (exact) mass is 1190 g/mol. The average Bonchev–Trinajstić information content (AvgIpc) is 3.70. The number of carbonyl (C=O) groups is 2. The molecule has 1 amide bonds. The summed E-state index contributed by atoms with van der Waals surface area (Å²) >= 11 is 0. The first-order valence-corrected chi connectivity index (χ1v) is 36.3. The van der Waals surface area contributed by atoms with Crippen molar-refractivity contribution in [2.24, 2.45) is 0 Å². The van der Waals surface area contributed by atoms with Crippen LogP contribution in [0.5, 0.6) is 0 Å². The number of hydrogen-bond acceptors (Lipinski definition) is 10. The molecule has 0 radical (unpaired) electrons. The van der Waals surface area contributed by atoms with E-state index in [1.807, 2.05) is 6.08 Å². The number of aliphatic hydroxyl groups is 5. The fourth-order valence-corrected chi connectivity index (χ4v) is 11.5. The lowest BCUT2D eigenvalue weighted by Crippen LogP contribution is -2.60. The highest BCUT2D eigenvalue weighted by atomic mass is 16.7. The van der Waals surface area contributed by atoms with Gasteiger partial charge in [0.05, 0.1) is 32.0 Å². The topological polar surface area (TPSA) is 175 Å². The standard InChI is InChI=1S/C73H137NO10/c1-3-5-7-9-11-13-15-40-43-47-51-55-59-66(76)65(64-83-73-72(81)71(80)70(79)67(63-75)84-73)74-68(77)60-56-52-48-44-41-37-35-33-31-29-27-25-23-21-19-17-16-18-20-22-24-26-28-30-32-34-36-38-42-46-50-54-58-62-82-69(78)61-57-53-49-45-39-14-12-10-8-6-4-2/h9,11,40,43,55,59,65-67,70-73,75-76,79-81H,3-8,10,12-39,41-42,44-54,56-58,60-64H2,1-2H3,(H,74,77)/b11-9+,43-40+,59-55+. The molecule has 7 atom stereocenters. The largest absolute Gasteiger partial charge is 0.466 e. The van der Waals surface area contributed by atoms with Crippen LogP contribution >= 0.6 is 0 Å². The van der Waals surface area contributed by atoms with E-state index in [4.69, 9.17) is 14.2 Å². The molecule has 1 heterocycles. The van der Waals surface area contributed by atoms with E-state index in [9.17, 15) is 35.1 Å². The van der Waals surface area contributed by atoms with E-state index in [0.29, 0.717) is 19.4 Å². The predicted octanol–water partition coefficient (Wildman–Crippen LogP) is 18.6. The number of esters is 1. The summed E-state index contributed by atoms with van der Waals surface area (Å²) in [6, 6.07) is -0.830. The quantitative estimate of drug-likeness (QED) is 0.0195. The first-order chi connectivity index (χ1) is 41.2. The molecule has 494 valence electrons. The summed E-state index contributed by atoms with van der Waals surface area (Å²) in [5, 5.41) is 54.4. The highest BCUT2D eigenvalue weighted by Gasteiger charge is 2.44. The Balaban J connectivity index is 1.93. The highest BCUT2D eigenvalue weighted by Crippen LogP contribution is 2.23. The van der Waals surface area contributed by atoms with Crippen molar-refractivity contribution in [2.45, 2.75) is 397 Å². The first kappa shape index (κ1) is 79.9. The van der Waals surface area contributed by atoms with Crippen molar-refractivity contribution < 1.29 is 49.3 Å². The third-order valence-electron chi connectivity index (χ3n) is 17.2. The van der Waals surface area contributed by atoms with E-state index in [1.54, 1.807) is 6.08 Å². The molecular formula is C73H137NO10. The van der Waals surface area contributed by atoms with Gasteiger partial charge in [-0.25, -0.2) is 0 Å². The summed E-state index contributed by atoms with van der Waals surface area (Å²) in [4.78, 5) is 25.1. The number of amides is 1. The molecule has 6 N–H and O–H groups in total. The fraction of sp³-hybridized carbons (Fsp3) is 0.890.